The van der Waals surface area contributed by atoms with Gasteiger partial charge in [0.25, 0.3) is 5.91 Å². The van der Waals surface area contributed by atoms with Crippen molar-refractivity contribution in [3.05, 3.63) is 29.8 Å². The van der Waals surface area contributed by atoms with Gasteiger partial charge in [0.2, 0.25) is 0 Å². The molecule has 1 aromatic carbocycles. The Hall–Kier alpha value is -1.84. The maximum atomic E-state index is 12.0. The zero-order valence-corrected chi connectivity index (χ0v) is 13.6. The van der Waals surface area contributed by atoms with Crippen LogP contribution in [0.5, 0.6) is 5.75 Å². The highest BCUT2D eigenvalue weighted by Gasteiger charge is 2.46. The first kappa shape index (κ1) is 14.7. The third kappa shape index (κ3) is 3.12. The van der Waals surface area contributed by atoms with Gasteiger partial charge in [-0.2, -0.15) is 5.10 Å². The van der Waals surface area contributed by atoms with Gasteiger partial charge in [-0.05, 0) is 80.4 Å². The van der Waals surface area contributed by atoms with Crippen LogP contribution in [0.1, 0.15) is 37.7 Å². The highest BCUT2D eigenvalue weighted by Crippen LogP contribution is 2.52. The number of nitrogens with zero attached hydrogens (tertiary/aromatic N) is 1. The first-order valence-electron chi connectivity index (χ1n) is 8.73. The van der Waals surface area contributed by atoms with Gasteiger partial charge in [-0.1, -0.05) is 12.1 Å². The van der Waals surface area contributed by atoms with Crippen molar-refractivity contribution in [3.63, 3.8) is 0 Å². The highest BCUT2D eigenvalue weighted by molar-refractivity contribution is 5.92. The molecule has 0 heterocycles. The van der Waals surface area contributed by atoms with Gasteiger partial charge in [0.1, 0.15) is 5.75 Å². The summed E-state index contributed by atoms with van der Waals surface area (Å²) in [5.41, 5.74) is 5.09. The Morgan fingerprint density at radius 2 is 1.87 bits per heavy atom. The Kier molecular flexibility index (Phi) is 3.83. The number of hydrogen-bond donors (Lipinski definition) is 1. The summed E-state index contributed by atoms with van der Waals surface area (Å²) in [7, 11) is 0. The van der Waals surface area contributed by atoms with Crippen molar-refractivity contribution in [2.24, 2.45) is 28.8 Å². The summed E-state index contributed by atoms with van der Waals surface area (Å²) in [6, 6.07) is 7.73. The second-order valence-electron chi connectivity index (χ2n) is 7.48. The normalized spacial score (nSPS) is 31.1. The van der Waals surface area contributed by atoms with Crippen LogP contribution in [0.4, 0.5) is 0 Å². The molecular weight excluding hydrogens is 288 g/mol. The summed E-state index contributed by atoms with van der Waals surface area (Å²) in [5.74, 6) is 3.61. The fraction of sp³-hybridized carbons (Fsp3) is 0.579. The third-order valence-corrected chi connectivity index (χ3v) is 5.64. The van der Waals surface area contributed by atoms with Gasteiger partial charge in [-0.25, -0.2) is 5.43 Å². The number of hydrazone groups is 1. The molecule has 0 atom stereocenters. The third-order valence-electron chi connectivity index (χ3n) is 5.64. The summed E-state index contributed by atoms with van der Waals surface area (Å²) < 4.78 is 5.53. The molecule has 1 aromatic rings. The van der Waals surface area contributed by atoms with E-state index in [4.69, 9.17) is 4.74 Å². The predicted octanol–water partition coefficient (Wildman–Crippen LogP) is 3.30. The van der Waals surface area contributed by atoms with Crippen molar-refractivity contribution in [1.29, 1.82) is 0 Å². The molecular formula is C19H24N2O2. The van der Waals surface area contributed by atoms with Crippen LogP contribution in [0, 0.1) is 30.6 Å². The minimum Gasteiger partial charge on any atom is -0.484 e. The van der Waals surface area contributed by atoms with E-state index >= 15 is 0 Å². The first-order chi connectivity index (χ1) is 11.2. The molecule has 5 rings (SSSR count). The smallest absolute Gasteiger partial charge is 0.277 e. The molecule has 1 N–H and O–H groups in total. The minimum absolute atomic E-state index is 0.0147. The van der Waals surface area contributed by atoms with Gasteiger partial charge in [-0.3, -0.25) is 4.79 Å². The lowest BCUT2D eigenvalue weighted by molar-refractivity contribution is -0.123. The number of amides is 1. The van der Waals surface area contributed by atoms with Crippen LogP contribution in [0.25, 0.3) is 0 Å². The quantitative estimate of drug-likeness (QED) is 0.867. The number of carbonyl (C=O) groups excluding carboxylic acids is 1. The predicted molar refractivity (Wildman–Crippen MR) is 89.3 cm³/mol. The van der Waals surface area contributed by atoms with E-state index in [0.717, 1.165) is 23.1 Å². The van der Waals surface area contributed by atoms with Crippen molar-refractivity contribution < 1.29 is 9.53 Å². The molecule has 4 saturated carbocycles. The van der Waals surface area contributed by atoms with Crippen LogP contribution in [-0.2, 0) is 4.79 Å². The number of ether oxygens (including phenoxy) is 1. The molecule has 4 nitrogen and oxygen atoms in total. The van der Waals surface area contributed by atoms with Gasteiger partial charge in [0, 0.05) is 5.71 Å². The molecule has 4 heteroatoms. The Balaban J connectivity index is 1.33. The van der Waals surface area contributed by atoms with Gasteiger partial charge in [0.15, 0.2) is 6.61 Å². The second kappa shape index (κ2) is 5.99. The van der Waals surface area contributed by atoms with Crippen molar-refractivity contribution in [1.82, 2.24) is 5.43 Å². The number of benzene rings is 1. The molecule has 0 aliphatic heterocycles. The fourth-order valence-corrected chi connectivity index (χ4v) is 4.86. The lowest BCUT2D eigenvalue weighted by Crippen LogP contribution is -2.46. The summed E-state index contributed by atoms with van der Waals surface area (Å²) in [6.45, 7) is 2.02. The van der Waals surface area contributed by atoms with E-state index in [9.17, 15) is 4.79 Å². The molecule has 0 spiro atoms. The fourth-order valence-electron chi connectivity index (χ4n) is 4.86. The van der Waals surface area contributed by atoms with Crippen molar-refractivity contribution in [3.8, 4) is 5.75 Å². The number of carbonyl (C=O) groups is 1. The van der Waals surface area contributed by atoms with Crippen molar-refractivity contribution >= 4 is 11.6 Å². The van der Waals surface area contributed by atoms with Crippen LogP contribution >= 0.6 is 0 Å². The monoisotopic (exact) mass is 312 g/mol. The average Bonchev–Trinajstić information content (AvgIpc) is 2.52. The molecule has 0 aromatic heterocycles. The summed E-state index contributed by atoms with van der Waals surface area (Å²) in [6.07, 6.45) is 6.54. The lowest BCUT2D eigenvalue weighted by Gasteiger charge is -2.50. The largest absolute Gasteiger partial charge is 0.484 e. The van der Waals surface area contributed by atoms with Crippen molar-refractivity contribution in [2.45, 2.75) is 39.0 Å². The Bertz CT molecular complexity index is 608. The highest BCUT2D eigenvalue weighted by atomic mass is 16.5. The molecule has 4 aliphatic rings. The SMILES string of the molecule is Cc1cccc(OCC(=O)NN=C2C3CC4CC(C3)CC2C4)c1. The molecule has 1 amide bonds. The second-order valence-corrected chi connectivity index (χ2v) is 7.48. The van der Waals surface area contributed by atoms with Crippen LogP contribution in [0.2, 0.25) is 0 Å². The van der Waals surface area contributed by atoms with E-state index in [2.05, 4.69) is 10.5 Å². The standard InChI is InChI=1S/C19H24N2O2/c1-12-3-2-4-17(5-12)23-11-18(22)20-21-19-15-7-13-6-14(9-15)10-16(19)8-13/h2-5,13-16H,6-11H2,1H3,(H,20,22). The average molecular weight is 312 g/mol. The van der Waals surface area contributed by atoms with Crippen molar-refractivity contribution in [2.75, 3.05) is 6.61 Å². The Morgan fingerprint density at radius 3 is 2.52 bits per heavy atom. The minimum atomic E-state index is -0.173. The molecule has 122 valence electrons. The van der Waals surface area contributed by atoms with Gasteiger partial charge in [0.05, 0.1) is 0 Å². The number of aryl methyl sites for hydroxylation is 1. The molecule has 0 radical (unpaired) electrons. The number of hydrogen-bond acceptors (Lipinski definition) is 3. The van der Waals surface area contributed by atoms with E-state index < -0.39 is 0 Å². The number of rotatable bonds is 4. The van der Waals surface area contributed by atoms with E-state index in [0.29, 0.717) is 11.8 Å². The molecule has 0 saturated heterocycles. The van der Waals surface area contributed by atoms with Crippen LogP contribution in [-0.4, -0.2) is 18.2 Å². The topological polar surface area (TPSA) is 50.7 Å². The lowest BCUT2D eigenvalue weighted by atomic mass is 9.55. The molecule has 23 heavy (non-hydrogen) atoms. The van der Waals surface area contributed by atoms with Crippen LogP contribution < -0.4 is 10.2 Å². The van der Waals surface area contributed by atoms with Gasteiger partial charge < -0.3 is 4.74 Å². The maximum absolute atomic E-state index is 12.0. The Labute approximate surface area is 137 Å². The summed E-state index contributed by atoms with van der Waals surface area (Å²) >= 11 is 0. The van der Waals surface area contributed by atoms with E-state index in [-0.39, 0.29) is 12.5 Å². The van der Waals surface area contributed by atoms with E-state index in [1.807, 2.05) is 31.2 Å². The first-order valence-corrected chi connectivity index (χ1v) is 8.73. The van der Waals surface area contributed by atoms with E-state index in [1.54, 1.807) is 0 Å². The zero-order chi connectivity index (χ0) is 15.8. The molecule has 4 bridgehead atoms. The van der Waals surface area contributed by atoms with Gasteiger partial charge in [-0.15, -0.1) is 0 Å². The molecule has 4 fully saturated rings. The van der Waals surface area contributed by atoms with Crippen LogP contribution in [0.15, 0.2) is 29.4 Å². The van der Waals surface area contributed by atoms with E-state index in [1.165, 1.54) is 37.8 Å². The Morgan fingerprint density at radius 1 is 1.17 bits per heavy atom. The maximum Gasteiger partial charge on any atom is 0.277 e. The number of nitrogens with one attached hydrogen (secondary N) is 1. The van der Waals surface area contributed by atoms with Gasteiger partial charge >= 0.3 is 0 Å². The van der Waals surface area contributed by atoms with Crippen LogP contribution in [0.3, 0.4) is 0 Å². The molecule has 4 aliphatic carbocycles. The summed E-state index contributed by atoms with van der Waals surface area (Å²) in [4.78, 5) is 12.0. The summed E-state index contributed by atoms with van der Waals surface area (Å²) in [5, 5.41) is 4.49. The molecule has 0 unspecified atom stereocenters. The zero-order valence-electron chi connectivity index (χ0n) is 13.6.